The minimum absolute atomic E-state index is 0.0549. The van der Waals surface area contributed by atoms with E-state index in [1.807, 2.05) is 0 Å². The van der Waals surface area contributed by atoms with Crippen molar-refractivity contribution in [2.24, 2.45) is 0 Å². The van der Waals surface area contributed by atoms with Crippen LogP contribution in [0.15, 0.2) is 23.1 Å². The second kappa shape index (κ2) is 4.93. The first kappa shape index (κ1) is 11.7. The van der Waals surface area contributed by atoms with Crippen LogP contribution in [0, 0.1) is 5.82 Å². The van der Waals surface area contributed by atoms with Gasteiger partial charge in [-0.15, -0.1) is 11.8 Å². The number of carbonyl (C=O) groups excluding carboxylic acids is 1. The van der Waals surface area contributed by atoms with Gasteiger partial charge in [0, 0.05) is 4.90 Å². The first-order valence-electron chi connectivity index (χ1n) is 4.16. The van der Waals surface area contributed by atoms with Gasteiger partial charge < -0.3 is 5.11 Å². The number of benzene rings is 1. The molecule has 0 fully saturated rings. The third-order valence-corrected chi connectivity index (χ3v) is 2.82. The molecule has 0 atom stereocenters. The van der Waals surface area contributed by atoms with Crippen LogP contribution >= 0.6 is 11.8 Å². The molecule has 0 aliphatic carbocycles. The van der Waals surface area contributed by atoms with Crippen LogP contribution < -0.4 is 0 Å². The molecule has 1 aromatic carbocycles. The van der Waals surface area contributed by atoms with Gasteiger partial charge in [-0.1, -0.05) is 0 Å². The molecule has 0 unspecified atom stereocenters. The van der Waals surface area contributed by atoms with Crippen LogP contribution in [-0.4, -0.2) is 22.6 Å². The Balaban J connectivity index is 2.95. The summed E-state index contributed by atoms with van der Waals surface area (Å²) < 4.78 is 12.8. The first-order chi connectivity index (χ1) is 7.00. The van der Waals surface area contributed by atoms with E-state index in [9.17, 15) is 14.0 Å². The van der Waals surface area contributed by atoms with Gasteiger partial charge in [-0.3, -0.25) is 4.79 Å². The zero-order valence-corrected chi connectivity index (χ0v) is 8.81. The minimum atomic E-state index is -1.19. The molecule has 5 heteroatoms. The van der Waals surface area contributed by atoms with Crippen molar-refractivity contribution in [1.29, 1.82) is 0 Å². The van der Waals surface area contributed by atoms with E-state index < -0.39 is 11.8 Å². The maximum atomic E-state index is 12.8. The zero-order chi connectivity index (χ0) is 11.4. The molecule has 0 heterocycles. The third kappa shape index (κ3) is 3.36. The second-order valence-electron chi connectivity index (χ2n) is 2.94. The fraction of sp³-hybridized carbons (Fsp3) is 0.200. The van der Waals surface area contributed by atoms with Crippen molar-refractivity contribution in [3.05, 3.63) is 29.6 Å². The van der Waals surface area contributed by atoms with Crippen molar-refractivity contribution in [2.75, 3.05) is 5.75 Å². The molecule has 15 heavy (non-hydrogen) atoms. The van der Waals surface area contributed by atoms with E-state index in [0.29, 0.717) is 4.90 Å². The SMILES string of the molecule is CC(=O)CSc1ccc(F)cc1C(=O)O. The average Bonchev–Trinajstić information content (AvgIpc) is 2.15. The van der Waals surface area contributed by atoms with Gasteiger partial charge in [-0.05, 0) is 25.1 Å². The van der Waals surface area contributed by atoms with E-state index in [1.54, 1.807) is 0 Å². The summed E-state index contributed by atoms with van der Waals surface area (Å²) >= 11 is 1.10. The van der Waals surface area contributed by atoms with Crippen molar-refractivity contribution in [1.82, 2.24) is 0 Å². The highest BCUT2D eigenvalue weighted by Crippen LogP contribution is 2.23. The highest BCUT2D eigenvalue weighted by atomic mass is 32.2. The largest absolute Gasteiger partial charge is 0.478 e. The zero-order valence-electron chi connectivity index (χ0n) is 7.99. The lowest BCUT2D eigenvalue weighted by Gasteiger charge is -2.04. The van der Waals surface area contributed by atoms with Gasteiger partial charge in [0.1, 0.15) is 11.6 Å². The van der Waals surface area contributed by atoms with Gasteiger partial charge >= 0.3 is 5.97 Å². The molecule has 1 N–H and O–H groups in total. The molecule has 0 aliphatic heterocycles. The van der Waals surface area contributed by atoms with Gasteiger partial charge in [0.2, 0.25) is 0 Å². The van der Waals surface area contributed by atoms with E-state index in [-0.39, 0.29) is 17.1 Å². The Morgan fingerprint density at radius 3 is 2.67 bits per heavy atom. The Hall–Kier alpha value is -1.36. The maximum absolute atomic E-state index is 12.8. The van der Waals surface area contributed by atoms with Crippen LogP contribution in [0.2, 0.25) is 0 Å². The van der Waals surface area contributed by atoms with E-state index in [1.165, 1.54) is 19.1 Å². The Labute approximate surface area is 90.3 Å². The number of hydrogen-bond donors (Lipinski definition) is 1. The molecule has 0 amide bonds. The summed E-state index contributed by atoms with van der Waals surface area (Å²) in [6, 6.07) is 3.49. The van der Waals surface area contributed by atoms with E-state index in [0.717, 1.165) is 17.8 Å². The number of ketones is 1. The molecule has 1 rings (SSSR count). The molecule has 0 saturated carbocycles. The summed E-state index contributed by atoms with van der Waals surface area (Å²) in [5.74, 6) is -1.66. The molecule has 0 radical (unpaired) electrons. The third-order valence-electron chi connectivity index (χ3n) is 1.60. The Morgan fingerprint density at radius 2 is 2.13 bits per heavy atom. The van der Waals surface area contributed by atoms with Gasteiger partial charge in [0.15, 0.2) is 0 Å². The lowest BCUT2D eigenvalue weighted by molar-refractivity contribution is -0.114. The van der Waals surface area contributed by atoms with E-state index >= 15 is 0 Å². The standard InChI is InChI=1S/C10H9FO3S/c1-6(12)5-15-9-3-2-7(11)4-8(9)10(13)14/h2-4H,5H2,1H3,(H,13,14). The van der Waals surface area contributed by atoms with Gasteiger partial charge in [-0.25, -0.2) is 9.18 Å². The second-order valence-corrected chi connectivity index (χ2v) is 3.95. The predicted octanol–water partition coefficient (Wildman–Crippen LogP) is 2.20. The highest BCUT2D eigenvalue weighted by molar-refractivity contribution is 8.00. The summed E-state index contributed by atoms with van der Waals surface area (Å²) in [5.41, 5.74) is -0.110. The molecule has 80 valence electrons. The minimum Gasteiger partial charge on any atom is -0.478 e. The van der Waals surface area contributed by atoms with Crippen molar-refractivity contribution < 1.29 is 19.1 Å². The number of carboxylic acid groups (broad SMARTS) is 1. The van der Waals surface area contributed by atoms with Gasteiger partial charge in [0.05, 0.1) is 11.3 Å². The number of halogens is 1. The molecular weight excluding hydrogens is 219 g/mol. The lowest BCUT2D eigenvalue weighted by atomic mass is 10.2. The molecule has 3 nitrogen and oxygen atoms in total. The monoisotopic (exact) mass is 228 g/mol. The van der Waals surface area contributed by atoms with Crippen molar-refractivity contribution >= 4 is 23.5 Å². The van der Waals surface area contributed by atoms with Gasteiger partial charge in [-0.2, -0.15) is 0 Å². The highest BCUT2D eigenvalue weighted by Gasteiger charge is 2.12. The summed E-state index contributed by atoms with van der Waals surface area (Å²) in [5, 5.41) is 8.79. The van der Waals surface area contributed by atoms with E-state index in [2.05, 4.69) is 0 Å². The number of carboxylic acids is 1. The fourth-order valence-electron chi connectivity index (χ4n) is 0.975. The number of thioether (sulfide) groups is 1. The van der Waals surface area contributed by atoms with Crippen LogP contribution in [0.1, 0.15) is 17.3 Å². The maximum Gasteiger partial charge on any atom is 0.336 e. The normalized spacial score (nSPS) is 10.0. The van der Waals surface area contributed by atoms with Crippen molar-refractivity contribution in [3.8, 4) is 0 Å². The molecule has 0 spiro atoms. The Kier molecular flexibility index (Phi) is 3.85. The van der Waals surface area contributed by atoms with Crippen LogP contribution in [0.25, 0.3) is 0 Å². The predicted molar refractivity (Wildman–Crippen MR) is 54.8 cm³/mol. The summed E-state index contributed by atoms with van der Waals surface area (Å²) in [4.78, 5) is 21.9. The van der Waals surface area contributed by atoms with Crippen molar-refractivity contribution in [2.45, 2.75) is 11.8 Å². The average molecular weight is 228 g/mol. The molecule has 0 aliphatic rings. The first-order valence-corrected chi connectivity index (χ1v) is 5.14. The Morgan fingerprint density at radius 1 is 1.47 bits per heavy atom. The summed E-state index contributed by atoms with van der Waals surface area (Å²) in [7, 11) is 0. The van der Waals surface area contributed by atoms with Gasteiger partial charge in [0.25, 0.3) is 0 Å². The molecule has 0 aromatic heterocycles. The fourth-order valence-corrected chi connectivity index (χ4v) is 1.80. The number of rotatable bonds is 4. The van der Waals surface area contributed by atoms with E-state index in [4.69, 9.17) is 5.11 Å². The summed E-state index contributed by atoms with van der Waals surface area (Å²) in [6.07, 6.45) is 0. The number of Topliss-reactive ketones (excluding diaryl/α,β-unsaturated/α-hetero) is 1. The molecule has 0 saturated heterocycles. The van der Waals surface area contributed by atoms with Crippen molar-refractivity contribution in [3.63, 3.8) is 0 Å². The number of hydrogen-bond acceptors (Lipinski definition) is 3. The number of carbonyl (C=O) groups is 2. The Bertz CT molecular complexity index is 404. The van der Waals surface area contributed by atoms with Crippen LogP contribution in [0.4, 0.5) is 4.39 Å². The molecule has 1 aromatic rings. The molecule has 0 bridgehead atoms. The quantitative estimate of drug-likeness (QED) is 0.803. The molecular formula is C10H9FO3S. The van der Waals surface area contributed by atoms with Crippen LogP contribution in [0.3, 0.4) is 0 Å². The topological polar surface area (TPSA) is 54.4 Å². The number of aromatic carboxylic acids is 1. The lowest BCUT2D eigenvalue weighted by Crippen LogP contribution is -2.01. The smallest absolute Gasteiger partial charge is 0.336 e. The van der Waals surface area contributed by atoms with Crippen LogP contribution in [0.5, 0.6) is 0 Å². The summed E-state index contributed by atoms with van der Waals surface area (Å²) in [6.45, 7) is 1.41. The van der Waals surface area contributed by atoms with Crippen LogP contribution in [-0.2, 0) is 4.79 Å².